The van der Waals surface area contributed by atoms with E-state index in [1.54, 1.807) is 25.6 Å². The van der Waals surface area contributed by atoms with Gasteiger partial charge in [0.1, 0.15) is 0 Å². The lowest BCUT2D eigenvalue weighted by Gasteiger charge is -1.96. The molecule has 0 nitrogen and oxygen atoms in total. The Labute approximate surface area is 53.7 Å². The van der Waals surface area contributed by atoms with Gasteiger partial charge in [0, 0.05) is 7.83 Å². The second-order valence-electron chi connectivity index (χ2n) is 2.54. The normalized spacial score (nSPS) is 15.0. The largest absolute Gasteiger partial charge is 0.0654 e. The molecule has 0 aromatic carbocycles. The smallest absolute Gasteiger partial charge is 0.00529 e. The van der Waals surface area contributed by atoms with Crippen molar-refractivity contribution in [3.05, 3.63) is 0 Å². The average Bonchev–Trinajstić information content (AvgIpc) is 1.61. The second-order valence-corrected chi connectivity index (χ2v) is 24.7. The van der Waals surface area contributed by atoms with Gasteiger partial charge in [-0.05, 0) is 19.5 Å². The van der Waals surface area contributed by atoms with Crippen LogP contribution in [-0.2, 0) is 0 Å². The molecule has 0 rings (SSSR count). The van der Waals surface area contributed by atoms with Crippen LogP contribution in [0.4, 0.5) is 0 Å². The summed E-state index contributed by atoms with van der Waals surface area (Å²) in [6, 6.07) is 1.66. The zero-order valence-electron chi connectivity index (χ0n) is 5.70. The first kappa shape index (κ1) is 7.65. The molecule has 0 unspecified atom stereocenters. The summed E-state index contributed by atoms with van der Waals surface area (Å²) in [6.45, 7) is 2.29. The highest BCUT2D eigenvalue weighted by Crippen LogP contribution is 1.94. The number of hydrogen-bond donors (Lipinski definition) is 0. The van der Waals surface area contributed by atoms with Gasteiger partial charge in [0.2, 0.25) is 0 Å². The number of unbranched alkanes of at least 4 members (excludes halogenated alkanes) is 1. The van der Waals surface area contributed by atoms with E-state index < -0.39 is 0 Å². The van der Waals surface area contributed by atoms with Crippen LogP contribution in [-0.4, -0.2) is 27.4 Å². The van der Waals surface area contributed by atoms with Gasteiger partial charge in [-0.2, -0.15) is 0 Å². The minimum absolute atomic E-state index is 0.0896. The zero-order chi connectivity index (χ0) is 5.70. The lowest BCUT2D eigenvalue weighted by atomic mass is 10.4. The molecule has 0 saturated carbocycles. The van der Waals surface area contributed by atoms with Gasteiger partial charge in [-0.1, -0.05) is 25.8 Å². The Kier molecular flexibility index (Phi) is 5.25. The molecule has 0 aliphatic rings. The van der Waals surface area contributed by atoms with Gasteiger partial charge in [0.05, 0.1) is 0 Å². The summed E-state index contributed by atoms with van der Waals surface area (Å²) in [7, 11) is 3.26. The molecule has 0 aliphatic carbocycles. The van der Waals surface area contributed by atoms with Crippen LogP contribution in [0.25, 0.3) is 0 Å². The van der Waals surface area contributed by atoms with Crippen molar-refractivity contribution >= 4 is 27.4 Å². The minimum atomic E-state index is 0.0896. The standard InChI is InChI=1S/C4H16Si3/c1-2-3-4-7(5)6/h7H,2-4H2,1,5-6H3. The molecule has 0 saturated heterocycles. The zero-order valence-corrected chi connectivity index (χ0v) is 10.9. The topological polar surface area (TPSA) is 0 Å². The third kappa shape index (κ3) is 6.65. The van der Waals surface area contributed by atoms with E-state index in [-0.39, 0.29) is 7.83 Å². The molecule has 0 aromatic heterocycles. The summed E-state index contributed by atoms with van der Waals surface area (Å²) in [6.07, 6.45) is 2.96. The quantitative estimate of drug-likeness (QED) is 0.438. The van der Waals surface area contributed by atoms with Gasteiger partial charge < -0.3 is 0 Å². The first-order valence-corrected chi connectivity index (χ1v) is 13.3. The van der Waals surface area contributed by atoms with Gasteiger partial charge in [0.25, 0.3) is 0 Å². The third-order valence-electron chi connectivity index (χ3n) is 1.14. The minimum Gasteiger partial charge on any atom is -0.0654 e. The highest BCUT2D eigenvalue weighted by atomic mass is 29.5. The first-order valence-electron chi connectivity index (χ1n) is 3.27. The van der Waals surface area contributed by atoms with E-state index in [2.05, 4.69) is 6.92 Å². The van der Waals surface area contributed by atoms with Crippen molar-refractivity contribution in [3.8, 4) is 0 Å². The summed E-state index contributed by atoms with van der Waals surface area (Å²) < 4.78 is 0. The molecule has 0 aliphatic heterocycles. The molecule has 44 valence electrons. The van der Waals surface area contributed by atoms with Crippen LogP contribution < -0.4 is 0 Å². The second kappa shape index (κ2) is 4.80. The van der Waals surface area contributed by atoms with Crippen LogP contribution in [0.15, 0.2) is 0 Å². The Bertz CT molecular complexity index is 35.9. The van der Waals surface area contributed by atoms with E-state index in [1.165, 1.54) is 12.8 Å². The van der Waals surface area contributed by atoms with Crippen LogP contribution in [0.5, 0.6) is 0 Å². The Hall–Kier alpha value is 0.651. The monoisotopic (exact) mass is 148 g/mol. The molecular formula is C4H16Si3. The van der Waals surface area contributed by atoms with E-state index in [1.807, 2.05) is 0 Å². The van der Waals surface area contributed by atoms with Crippen molar-refractivity contribution in [2.75, 3.05) is 0 Å². The maximum absolute atomic E-state index is 2.29. The van der Waals surface area contributed by atoms with Crippen LogP contribution in [0.1, 0.15) is 19.8 Å². The predicted octanol–water partition coefficient (Wildman–Crippen LogP) is -1.26. The fourth-order valence-corrected chi connectivity index (χ4v) is 4.29. The summed E-state index contributed by atoms with van der Waals surface area (Å²) in [5, 5.41) is 0. The molecule has 0 N–H and O–H groups in total. The Morgan fingerprint density at radius 3 is 2.14 bits per heavy atom. The van der Waals surface area contributed by atoms with Crippen LogP contribution in [0.2, 0.25) is 6.04 Å². The van der Waals surface area contributed by atoms with E-state index in [0.717, 1.165) is 0 Å². The van der Waals surface area contributed by atoms with E-state index in [0.29, 0.717) is 0 Å². The molecule has 0 amide bonds. The Morgan fingerprint density at radius 2 is 2.00 bits per heavy atom. The van der Waals surface area contributed by atoms with Gasteiger partial charge in [-0.3, -0.25) is 0 Å². The lowest BCUT2D eigenvalue weighted by molar-refractivity contribution is 0.881. The summed E-state index contributed by atoms with van der Waals surface area (Å²) in [5.41, 5.74) is 0. The van der Waals surface area contributed by atoms with Crippen molar-refractivity contribution < 1.29 is 0 Å². The fourth-order valence-electron chi connectivity index (χ4n) is 0.612. The van der Waals surface area contributed by atoms with E-state index in [4.69, 9.17) is 0 Å². The molecule has 0 heterocycles. The molecule has 0 radical (unpaired) electrons. The van der Waals surface area contributed by atoms with E-state index in [9.17, 15) is 0 Å². The van der Waals surface area contributed by atoms with Gasteiger partial charge in [-0.15, -0.1) is 0 Å². The first-order chi connectivity index (χ1) is 3.27. The lowest BCUT2D eigenvalue weighted by Crippen LogP contribution is -2.11. The molecule has 0 fully saturated rings. The summed E-state index contributed by atoms with van der Waals surface area (Å²) in [4.78, 5) is 0. The highest BCUT2D eigenvalue weighted by molar-refractivity contribution is 7.29. The maximum Gasteiger partial charge on any atom is 0.00529 e. The maximum atomic E-state index is 2.29. The highest BCUT2D eigenvalue weighted by Gasteiger charge is 1.90. The molecular weight excluding hydrogens is 132 g/mol. The van der Waals surface area contributed by atoms with Crippen molar-refractivity contribution in [3.63, 3.8) is 0 Å². The van der Waals surface area contributed by atoms with Crippen molar-refractivity contribution in [2.24, 2.45) is 0 Å². The van der Waals surface area contributed by atoms with Gasteiger partial charge >= 0.3 is 0 Å². The van der Waals surface area contributed by atoms with Crippen molar-refractivity contribution in [1.29, 1.82) is 0 Å². The summed E-state index contributed by atoms with van der Waals surface area (Å²) in [5.74, 6) is 0. The molecule has 0 bridgehead atoms. The molecule has 0 aromatic rings. The molecule has 0 spiro atoms. The average molecular weight is 148 g/mol. The predicted molar refractivity (Wildman–Crippen MR) is 46.7 cm³/mol. The Morgan fingerprint density at radius 1 is 1.43 bits per heavy atom. The third-order valence-corrected chi connectivity index (χ3v) is 6.16. The van der Waals surface area contributed by atoms with Gasteiger partial charge in [-0.25, -0.2) is 0 Å². The van der Waals surface area contributed by atoms with Crippen molar-refractivity contribution in [2.45, 2.75) is 25.8 Å². The number of hydrogen-bond acceptors (Lipinski definition) is 0. The number of rotatable bonds is 3. The Balaban J connectivity index is 2.68. The fraction of sp³-hybridized carbons (Fsp3) is 1.00. The molecule has 7 heavy (non-hydrogen) atoms. The summed E-state index contributed by atoms with van der Waals surface area (Å²) >= 11 is 0. The van der Waals surface area contributed by atoms with Crippen LogP contribution >= 0.6 is 0 Å². The van der Waals surface area contributed by atoms with Crippen LogP contribution in [0, 0.1) is 0 Å². The van der Waals surface area contributed by atoms with Crippen LogP contribution in [0.3, 0.4) is 0 Å². The molecule has 0 atom stereocenters. The van der Waals surface area contributed by atoms with Crippen molar-refractivity contribution in [1.82, 2.24) is 0 Å². The van der Waals surface area contributed by atoms with E-state index >= 15 is 0 Å². The SMILES string of the molecule is CCCC[SiH]([SiH3])[SiH3]. The molecule has 3 heteroatoms. The van der Waals surface area contributed by atoms with Gasteiger partial charge in [0.15, 0.2) is 0 Å².